The fourth-order valence-corrected chi connectivity index (χ4v) is 2.96. The molecule has 0 aliphatic heterocycles. The van der Waals surface area contributed by atoms with E-state index in [1.807, 2.05) is 0 Å². The second-order valence-electron chi connectivity index (χ2n) is 5.77. The van der Waals surface area contributed by atoms with E-state index in [0.29, 0.717) is 16.3 Å². The van der Waals surface area contributed by atoms with E-state index in [2.05, 4.69) is 10.3 Å². The summed E-state index contributed by atoms with van der Waals surface area (Å²) in [5, 5.41) is 2.83. The summed E-state index contributed by atoms with van der Waals surface area (Å²) in [6.07, 6.45) is 0. The summed E-state index contributed by atoms with van der Waals surface area (Å²) < 4.78 is 45.8. The molecule has 1 aromatic heterocycles. The van der Waals surface area contributed by atoms with E-state index < -0.39 is 29.0 Å². The van der Waals surface area contributed by atoms with Gasteiger partial charge in [0.05, 0.1) is 10.2 Å². The van der Waals surface area contributed by atoms with E-state index in [1.54, 1.807) is 0 Å². The first kappa shape index (κ1) is 17.2. The first-order valence-electron chi connectivity index (χ1n) is 7.26. The number of benzene rings is 2. The van der Waals surface area contributed by atoms with Crippen LogP contribution in [0.2, 0.25) is 0 Å². The molecule has 0 saturated carbocycles. The van der Waals surface area contributed by atoms with Crippen LogP contribution in [0.5, 0.6) is 5.75 Å². The van der Waals surface area contributed by atoms with E-state index in [9.17, 15) is 18.0 Å². The number of nitrogens with one attached hydrogen (secondary N) is 1. The molecule has 25 heavy (non-hydrogen) atoms. The lowest BCUT2D eigenvalue weighted by Gasteiger charge is -2.24. The maximum absolute atomic E-state index is 13.7. The Labute approximate surface area is 145 Å². The number of thiazole rings is 1. The van der Waals surface area contributed by atoms with Crippen molar-refractivity contribution in [2.45, 2.75) is 19.4 Å². The van der Waals surface area contributed by atoms with Crippen molar-refractivity contribution in [3.05, 3.63) is 53.8 Å². The summed E-state index contributed by atoms with van der Waals surface area (Å²) in [6.45, 7) is 2.89. The monoisotopic (exact) mass is 366 g/mol. The third kappa shape index (κ3) is 3.74. The first-order valence-corrected chi connectivity index (χ1v) is 8.08. The number of amides is 1. The van der Waals surface area contributed by atoms with Gasteiger partial charge in [0.25, 0.3) is 5.91 Å². The molecular formula is C17H13F3N2O2S. The maximum atomic E-state index is 13.7. The Morgan fingerprint density at radius 3 is 2.52 bits per heavy atom. The van der Waals surface area contributed by atoms with Crippen molar-refractivity contribution in [1.29, 1.82) is 0 Å². The van der Waals surface area contributed by atoms with Crippen LogP contribution in [0, 0.1) is 17.5 Å². The number of hydrogen-bond donors (Lipinski definition) is 1. The van der Waals surface area contributed by atoms with E-state index in [1.165, 1.54) is 32.0 Å². The Morgan fingerprint density at radius 2 is 1.80 bits per heavy atom. The van der Waals surface area contributed by atoms with Crippen LogP contribution in [0.25, 0.3) is 10.2 Å². The highest BCUT2D eigenvalue weighted by Gasteiger charge is 2.31. The quantitative estimate of drug-likeness (QED) is 0.739. The van der Waals surface area contributed by atoms with Gasteiger partial charge >= 0.3 is 0 Å². The molecule has 130 valence electrons. The van der Waals surface area contributed by atoms with Crippen LogP contribution in [0.4, 0.5) is 18.3 Å². The molecule has 0 fully saturated rings. The molecule has 0 atom stereocenters. The highest BCUT2D eigenvalue weighted by molar-refractivity contribution is 7.22. The molecule has 0 spiro atoms. The van der Waals surface area contributed by atoms with Gasteiger partial charge in [-0.3, -0.25) is 10.1 Å². The lowest BCUT2D eigenvalue weighted by Crippen LogP contribution is -2.42. The molecule has 0 aliphatic rings. The average molecular weight is 366 g/mol. The fraction of sp³-hybridized carbons (Fsp3) is 0.176. The van der Waals surface area contributed by atoms with Crippen molar-refractivity contribution in [2.75, 3.05) is 5.32 Å². The Morgan fingerprint density at radius 1 is 1.12 bits per heavy atom. The van der Waals surface area contributed by atoms with Gasteiger partial charge in [0.15, 0.2) is 22.3 Å². The second-order valence-corrected chi connectivity index (χ2v) is 6.80. The molecule has 0 unspecified atom stereocenters. The molecular weight excluding hydrogens is 353 g/mol. The van der Waals surface area contributed by atoms with E-state index in [4.69, 9.17) is 4.74 Å². The van der Waals surface area contributed by atoms with Gasteiger partial charge < -0.3 is 4.74 Å². The van der Waals surface area contributed by atoms with Crippen molar-refractivity contribution < 1.29 is 22.7 Å². The molecule has 0 saturated heterocycles. The van der Waals surface area contributed by atoms with Gasteiger partial charge in [-0.25, -0.2) is 18.2 Å². The molecule has 3 rings (SSSR count). The predicted octanol–water partition coefficient (Wildman–Crippen LogP) is 4.51. The molecule has 8 heteroatoms. The molecule has 0 aliphatic carbocycles. The highest BCUT2D eigenvalue weighted by Crippen LogP contribution is 2.28. The smallest absolute Gasteiger partial charge is 0.269 e. The zero-order chi connectivity index (χ0) is 18.2. The number of carbonyl (C=O) groups excluding carboxylic acids is 1. The van der Waals surface area contributed by atoms with Crippen LogP contribution >= 0.6 is 11.3 Å². The summed E-state index contributed by atoms with van der Waals surface area (Å²) in [6, 6.07) is 6.92. The van der Waals surface area contributed by atoms with Crippen LogP contribution in [0.15, 0.2) is 36.4 Å². The number of hydrogen-bond acceptors (Lipinski definition) is 4. The first-order chi connectivity index (χ1) is 11.7. The topological polar surface area (TPSA) is 51.2 Å². The molecule has 2 aromatic carbocycles. The molecule has 1 amide bonds. The second kappa shape index (κ2) is 6.36. The number of halogens is 3. The summed E-state index contributed by atoms with van der Waals surface area (Å²) in [5.41, 5.74) is -0.896. The minimum absolute atomic E-state index is 0.243. The van der Waals surface area contributed by atoms with Gasteiger partial charge in [-0.1, -0.05) is 11.3 Å². The van der Waals surface area contributed by atoms with E-state index in [-0.39, 0.29) is 10.9 Å². The van der Waals surface area contributed by atoms with Gasteiger partial charge in [-0.05, 0) is 44.2 Å². The van der Waals surface area contributed by atoms with Crippen molar-refractivity contribution >= 4 is 32.6 Å². The third-order valence-electron chi connectivity index (χ3n) is 3.38. The molecule has 1 N–H and O–H groups in total. The zero-order valence-corrected chi connectivity index (χ0v) is 14.1. The largest absolute Gasteiger partial charge is 0.475 e. The van der Waals surface area contributed by atoms with Crippen molar-refractivity contribution in [2.24, 2.45) is 0 Å². The molecule has 3 aromatic rings. The maximum Gasteiger partial charge on any atom is 0.269 e. The molecule has 4 nitrogen and oxygen atoms in total. The van der Waals surface area contributed by atoms with Crippen LogP contribution in [-0.4, -0.2) is 16.5 Å². The summed E-state index contributed by atoms with van der Waals surface area (Å²) >= 11 is 1.11. The van der Waals surface area contributed by atoms with Crippen molar-refractivity contribution in [3.8, 4) is 5.75 Å². The number of nitrogens with zero attached hydrogens (tertiary/aromatic N) is 1. The van der Waals surface area contributed by atoms with Gasteiger partial charge in [-0.15, -0.1) is 0 Å². The Hall–Kier alpha value is -2.61. The molecule has 0 bridgehead atoms. The summed E-state index contributed by atoms with van der Waals surface area (Å²) in [5.74, 6) is -2.86. The van der Waals surface area contributed by atoms with Crippen molar-refractivity contribution in [3.63, 3.8) is 0 Å². The Kier molecular flexibility index (Phi) is 4.38. The zero-order valence-electron chi connectivity index (χ0n) is 13.3. The summed E-state index contributed by atoms with van der Waals surface area (Å²) in [4.78, 5) is 16.6. The number of rotatable bonds is 4. The van der Waals surface area contributed by atoms with Gasteiger partial charge in [-0.2, -0.15) is 0 Å². The fourth-order valence-electron chi connectivity index (χ4n) is 2.08. The van der Waals surface area contributed by atoms with E-state index in [0.717, 1.165) is 23.5 Å². The standard InChI is InChI=1S/C17H13F3N2O2S/c1-17(2,24-13-6-4-9(18)7-11(13)20)15(23)22-16-21-12-5-3-10(19)8-14(12)25-16/h3-8H,1-2H3,(H,21,22,23). The molecule has 0 radical (unpaired) electrons. The number of ether oxygens (including phenoxy) is 1. The van der Waals surface area contributed by atoms with Gasteiger partial charge in [0, 0.05) is 6.07 Å². The number of aromatic nitrogens is 1. The van der Waals surface area contributed by atoms with E-state index >= 15 is 0 Å². The lowest BCUT2D eigenvalue weighted by atomic mass is 10.1. The normalized spacial score (nSPS) is 11.6. The number of anilines is 1. The van der Waals surface area contributed by atoms with Gasteiger partial charge in [0.1, 0.15) is 11.6 Å². The Bertz CT molecular complexity index is 956. The predicted molar refractivity (Wildman–Crippen MR) is 89.3 cm³/mol. The van der Waals surface area contributed by atoms with Crippen LogP contribution in [0.3, 0.4) is 0 Å². The minimum atomic E-state index is -1.44. The third-order valence-corrected chi connectivity index (χ3v) is 4.31. The van der Waals surface area contributed by atoms with Crippen LogP contribution < -0.4 is 10.1 Å². The number of fused-ring (bicyclic) bond motifs is 1. The summed E-state index contributed by atoms with van der Waals surface area (Å²) in [7, 11) is 0. The van der Waals surface area contributed by atoms with Crippen LogP contribution in [-0.2, 0) is 4.79 Å². The van der Waals surface area contributed by atoms with Gasteiger partial charge in [0.2, 0.25) is 0 Å². The van der Waals surface area contributed by atoms with Crippen molar-refractivity contribution in [1.82, 2.24) is 4.98 Å². The SMILES string of the molecule is CC(C)(Oc1ccc(F)cc1F)C(=O)Nc1nc2ccc(F)cc2s1. The number of carbonyl (C=O) groups is 1. The Balaban J connectivity index is 1.77. The molecule has 1 heterocycles. The lowest BCUT2D eigenvalue weighted by molar-refractivity contribution is -0.128. The average Bonchev–Trinajstić information content (AvgIpc) is 2.91. The minimum Gasteiger partial charge on any atom is -0.475 e. The highest BCUT2D eigenvalue weighted by atomic mass is 32.1. The van der Waals surface area contributed by atoms with Crippen LogP contribution in [0.1, 0.15) is 13.8 Å².